The predicted molar refractivity (Wildman–Crippen MR) is 154 cm³/mol. The Bertz CT molecular complexity index is 1300. The van der Waals surface area contributed by atoms with Crippen LogP contribution in [0.4, 0.5) is 5.69 Å². The molecule has 0 radical (unpaired) electrons. The zero-order chi connectivity index (χ0) is 26.9. The number of hydrogen-bond donors (Lipinski definition) is 1. The Labute approximate surface area is 230 Å². The van der Waals surface area contributed by atoms with Gasteiger partial charge < -0.3 is 15.1 Å². The van der Waals surface area contributed by atoms with E-state index < -0.39 is 11.1 Å². The van der Waals surface area contributed by atoms with Crippen LogP contribution in [-0.4, -0.2) is 65.8 Å². The van der Waals surface area contributed by atoms with Crippen LogP contribution in [0.1, 0.15) is 38.2 Å². The lowest BCUT2D eigenvalue weighted by Crippen LogP contribution is -2.56. The first kappa shape index (κ1) is 25.6. The monoisotopic (exact) mass is 523 g/mol. The second-order valence-corrected chi connectivity index (χ2v) is 11.1. The molecule has 2 fully saturated rings. The third kappa shape index (κ3) is 4.39. The van der Waals surface area contributed by atoms with Crippen molar-refractivity contribution in [2.24, 2.45) is 10.9 Å². The molecule has 2 aromatic carbocycles. The number of carbonyl (C=O) groups is 2. The van der Waals surface area contributed by atoms with Crippen molar-refractivity contribution in [2.75, 3.05) is 37.7 Å². The van der Waals surface area contributed by atoms with Crippen molar-refractivity contribution in [1.82, 2.24) is 15.1 Å². The van der Waals surface area contributed by atoms with E-state index in [-0.39, 0.29) is 17.7 Å². The van der Waals surface area contributed by atoms with Crippen molar-refractivity contribution in [3.8, 4) is 0 Å². The number of rotatable bonds is 7. The van der Waals surface area contributed by atoms with Crippen LogP contribution in [0.5, 0.6) is 0 Å². The Morgan fingerprint density at radius 3 is 2.36 bits per heavy atom. The Morgan fingerprint density at radius 1 is 0.949 bits per heavy atom. The van der Waals surface area contributed by atoms with Gasteiger partial charge in [-0.25, -0.2) is 0 Å². The zero-order valence-electron chi connectivity index (χ0n) is 22.6. The summed E-state index contributed by atoms with van der Waals surface area (Å²) in [7, 11) is 0. The summed E-state index contributed by atoms with van der Waals surface area (Å²) in [6.07, 6.45) is 11.6. The topological polar surface area (TPSA) is 68.2 Å². The van der Waals surface area contributed by atoms with Gasteiger partial charge in [-0.05, 0) is 56.8 Å². The molecule has 6 rings (SSSR count). The van der Waals surface area contributed by atoms with Gasteiger partial charge in [0.2, 0.25) is 5.91 Å². The van der Waals surface area contributed by atoms with E-state index in [4.69, 9.17) is 4.99 Å². The Kier molecular flexibility index (Phi) is 6.85. The lowest BCUT2D eigenvalue weighted by Gasteiger charge is -2.43. The first-order valence-electron chi connectivity index (χ1n) is 14.2. The summed E-state index contributed by atoms with van der Waals surface area (Å²) in [5.41, 5.74) is 0.683. The lowest BCUT2D eigenvalue weighted by atomic mass is 9.75. The highest BCUT2D eigenvalue weighted by Crippen LogP contribution is 2.44. The molecule has 7 heteroatoms. The maximum absolute atomic E-state index is 14.1. The van der Waals surface area contributed by atoms with Crippen molar-refractivity contribution in [2.45, 2.75) is 43.7 Å². The van der Waals surface area contributed by atoms with Crippen LogP contribution in [0.2, 0.25) is 0 Å². The smallest absolute Gasteiger partial charge is 0.261 e. The first-order chi connectivity index (χ1) is 19.0. The zero-order valence-corrected chi connectivity index (χ0v) is 22.6. The quantitative estimate of drug-likeness (QED) is 0.594. The van der Waals surface area contributed by atoms with Crippen molar-refractivity contribution in [3.05, 3.63) is 90.5 Å². The molecule has 2 amide bonds. The number of aliphatic imine (C=N–C) groups is 1. The lowest BCUT2D eigenvalue weighted by molar-refractivity contribution is -0.133. The van der Waals surface area contributed by atoms with Gasteiger partial charge in [0.15, 0.2) is 5.54 Å². The summed E-state index contributed by atoms with van der Waals surface area (Å²) in [5.74, 6) is 1.02. The molecule has 2 aromatic rings. The van der Waals surface area contributed by atoms with Crippen LogP contribution < -0.4 is 10.2 Å². The highest BCUT2D eigenvalue weighted by atomic mass is 16.2. The molecule has 4 aliphatic rings. The van der Waals surface area contributed by atoms with E-state index in [0.717, 1.165) is 62.4 Å². The van der Waals surface area contributed by atoms with E-state index in [2.05, 4.69) is 39.4 Å². The van der Waals surface area contributed by atoms with Gasteiger partial charge in [-0.1, -0.05) is 72.8 Å². The minimum atomic E-state index is -0.902. The fourth-order valence-corrected chi connectivity index (χ4v) is 6.84. The predicted octanol–water partition coefficient (Wildman–Crippen LogP) is 4.09. The van der Waals surface area contributed by atoms with E-state index in [1.54, 1.807) is 0 Å². The van der Waals surface area contributed by atoms with Crippen molar-refractivity contribution >= 4 is 23.3 Å². The van der Waals surface area contributed by atoms with E-state index in [9.17, 15) is 9.59 Å². The summed E-state index contributed by atoms with van der Waals surface area (Å²) in [4.78, 5) is 38.7. The number of allylic oxidation sites excluding steroid dienone is 3. The highest BCUT2D eigenvalue weighted by molar-refractivity contribution is 6.08. The average Bonchev–Trinajstić information content (AvgIpc) is 3.44. The molecule has 0 bridgehead atoms. The van der Waals surface area contributed by atoms with Crippen LogP contribution in [0, 0.1) is 5.92 Å². The molecule has 1 spiro atoms. The number of nitrogens with one attached hydrogen (secondary N) is 1. The van der Waals surface area contributed by atoms with Crippen LogP contribution in [0.3, 0.4) is 0 Å². The number of likely N-dealkylation sites (tertiary alicyclic amines) is 1. The van der Waals surface area contributed by atoms with Gasteiger partial charge in [-0.3, -0.25) is 19.5 Å². The molecule has 202 valence electrons. The van der Waals surface area contributed by atoms with Gasteiger partial charge in [0.25, 0.3) is 5.91 Å². The summed E-state index contributed by atoms with van der Waals surface area (Å²) in [5, 5.41) is 3.08. The van der Waals surface area contributed by atoms with Crippen LogP contribution in [0.25, 0.3) is 0 Å². The fraction of sp³-hybridized carbons (Fsp3) is 0.406. The molecule has 2 atom stereocenters. The number of anilines is 1. The third-order valence-electron chi connectivity index (χ3n) is 8.98. The van der Waals surface area contributed by atoms with Gasteiger partial charge in [-0.15, -0.1) is 0 Å². The molecule has 7 nitrogen and oxygen atoms in total. The number of carbonyl (C=O) groups excluding carboxylic acids is 2. The van der Waals surface area contributed by atoms with Crippen molar-refractivity contribution < 1.29 is 9.59 Å². The molecule has 1 aliphatic carbocycles. The maximum Gasteiger partial charge on any atom is 0.261 e. The third-order valence-corrected chi connectivity index (χ3v) is 8.98. The van der Waals surface area contributed by atoms with Crippen LogP contribution in [0.15, 0.2) is 90.0 Å². The van der Waals surface area contributed by atoms with Gasteiger partial charge in [0.05, 0.1) is 6.67 Å². The molecule has 1 N–H and O–H groups in total. The van der Waals surface area contributed by atoms with Crippen molar-refractivity contribution in [1.29, 1.82) is 0 Å². The number of benzene rings is 2. The van der Waals surface area contributed by atoms with E-state index in [1.807, 2.05) is 72.5 Å². The molecule has 3 aliphatic heterocycles. The number of para-hydroxylation sites is 1. The van der Waals surface area contributed by atoms with E-state index in [1.165, 1.54) is 0 Å². The summed E-state index contributed by atoms with van der Waals surface area (Å²) < 4.78 is 0. The molecule has 39 heavy (non-hydrogen) atoms. The SMILES string of the molecule is CC1=NC(c2ccccc2)(C2C=CC=CC2)C(=O)N1CCCN1CCC2(CC1)C(=O)NCN2c1ccccc1. The fourth-order valence-electron chi connectivity index (χ4n) is 6.84. The number of piperidine rings is 1. The standard InChI is InChI=1S/C32H37N5O2/c1-25-34-32(26-12-5-2-6-13-26,27-14-7-3-8-15-27)30(39)36(25)21-11-20-35-22-18-31(19-23-35)29(38)33-24-37(31)28-16-9-4-10-17-28/h2-10,12-14,16-17,27H,11,15,18-24H2,1H3,(H,33,38). The molecule has 3 heterocycles. The molecule has 2 saturated heterocycles. The minimum Gasteiger partial charge on any atom is -0.339 e. The number of nitrogens with zero attached hydrogens (tertiary/aromatic N) is 4. The van der Waals surface area contributed by atoms with Gasteiger partial charge >= 0.3 is 0 Å². The van der Waals surface area contributed by atoms with Crippen LogP contribution in [-0.2, 0) is 15.1 Å². The Morgan fingerprint density at radius 2 is 1.67 bits per heavy atom. The molecule has 0 saturated carbocycles. The minimum absolute atomic E-state index is 0.000697. The summed E-state index contributed by atoms with van der Waals surface area (Å²) in [6.45, 7) is 5.80. The molecule has 2 unspecified atom stereocenters. The highest BCUT2D eigenvalue weighted by Gasteiger charge is 2.53. The largest absolute Gasteiger partial charge is 0.339 e. The van der Waals surface area contributed by atoms with E-state index in [0.29, 0.717) is 13.2 Å². The molecular weight excluding hydrogens is 486 g/mol. The Balaban J connectivity index is 1.10. The van der Waals surface area contributed by atoms with Crippen LogP contribution >= 0.6 is 0 Å². The maximum atomic E-state index is 14.1. The normalized spacial score (nSPS) is 26.4. The Hall–Kier alpha value is -3.71. The molecular formula is C32H37N5O2. The molecule has 0 aromatic heterocycles. The van der Waals surface area contributed by atoms with Gasteiger partial charge in [-0.2, -0.15) is 0 Å². The first-order valence-corrected chi connectivity index (χ1v) is 14.2. The second-order valence-electron chi connectivity index (χ2n) is 11.1. The summed E-state index contributed by atoms with van der Waals surface area (Å²) >= 11 is 0. The van der Waals surface area contributed by atoms with Crippen molar-refractivity contribution in [3.63, 3.8) is 0 Å². The van der Waals surface area contributed by atoms with E-state index >= 15 is 0 Å². The van der Waals surface area contributed by atoms with Gasteiger partial charge in [0.1, 0.15) is 11.4 Å². The average molecular weight is 524 g/mol. The second kappa shape index (κ2) is 10.5. The number of hydrogen-bond acceptors (Lipinski definition) is 5. The van der Waals surface area contributed by atoms with Gasteiger partial charge in [0, 0.05) is 31.2 Å². The number of amides is 2. The number of amidine groups is 1. The summed E-state index contributed by atoms with van der Waals surface area (Å²) in [6, 6.07) is 20.3.